The summed E-state index contributed by atoms with van der Waals surface area (Å²) in [4.78, 5) is 7.99. The van der Waals surface area contributed by atoms with Crippen molar-refractivity contribution in [1.82, 2.24) is 19.6 Å². The molecule has 2 rings (SSSR count). The molecule has 0 fully saturated rings. The number of nitrogens with zero attached hydrogens (tertiary/aromatic N) is 4. The summed E-state index contributed by atoms with van der Waals surface area (Å²) in [7, 11) is 0. The van der Waals surface area contributed by atoms with Crippen LogP contribution in [0.3, 0.4) is 0 Å². The van der Waals surface area contributed by atoms with Crippen molar-refractivity contribution in [2.45, 2.75) is 13.0 Å². The lowest BCUT2D eigenvalue weighted by atomic mass is 10.2. The van der Waals surface area contributed by atoms with E-state index in [-0.39, 0.29) is 6.04 Å². The van der Waals surface area contributed by atoms with E-state index in [1.807, 2.05) is 13.1 Å². The first-order chi connectivity index (χ1) is 5.77. The van der Waals surface area contributed by atoms with Crippen LogP contribution in [-0.4, -0.2) is 19.6 Å². The van der Waals surface area contributed by atoms with Gasteiger partial charge in [0.25, 0.3) is 5.78 Å². The van der Waals surface area contributed by atoms with Gasteiger partial charge in [-0.1, -0.05) is 0 Å². The van der Waals surface area contributed by atoms with Crippen LogP contribution in [0.2, 0.25) is 0 Å². The molecule has 5 heteroatoms. The van der Waals surface area contributed by atoms with E-state index in [9.17, 15) is 0 Å². The Kier molecular flexibility index (Phi) is 1.51. The molecule has 2 aromatic rings. The van der Waals surface area contributed by atoms with Crippen LogP contribution < -0.4 is 5.73 Å². The molecule has 0 radical (unpaired) electrons. The number of hydrogen-bond acceptors (Lipinski definition) is 4. The minimum absolute atomic E-state index is 0.0221. The molecule has 2 aromatic heterocycles. The molecule has 0 aliphatic heterocycles. The lowest BCUT2D eigenvalue weighted by molar-refractivity contribution is 0.786. The predicted molar refractivity (Wildman–Crippen MR) is 43.4 cm³/mol. The Morgan fingerprint density at radius 2 is 2.33 bits per heavy atom. The summed E-state index contributed by atoms with van der Waals surface area (Å²) in [6.07, 6.45) is 5.02. The number of hydrogen-bond donors (Lipinski definition) is 1. The Morgan fingerprint density at radius 3 is 3.08 bits per heavy atom. The van der Waals surface area contributed by atoms with Crippen LogP contribution in [-0.2, 0) is 0 Å². The van der Waals surface area contributed by atoms with E-state index < -0.39 is 0 Å². The molecular formula is C7H9N5. The highest BCUT2D eigenvalue weighted by molar-refractivity contribution is 5.26. The molecule has 0 spiro atoms. The van der Waals surface area contributed by atoms with Crippen LogP contribution in [0.25, 0.3) is 5.78 Å². The smallest absolute Gasteiger partial charge is 0.252 e. The molecule has 0 amide bonds. The highest BCUT2D eigenvalue weighted by Gasteiger charge is 2.01. The van der Waals surface area contributed by atoms with Gasteiger partial charge in [0.15, 0.2) is 0 Å². The zero-order valence-corrected chi connectivity index (χ0v) is 6.68. The topological polar surface area (TPSA) is 69.1 Å². The molecule has 1 atom stereocenters. The summed E-state index contributed by atoms with van der Waals surface area (Å²) >= 11 is 0. The van der Waals surface area contributed by atoms with Gasteiger partial charge < -0.3 is 5.73 Å². The molecule has 12 heavy (non-hydrogen) atoms. The standard InChI is InChI=1S/C7H9N5/c1-5(8)6-2-9-7-10-4-11-12(7)3-6/h2-5H,8H2,1H3. The Morgan fingerprint density at radius 1 is 1.50 bits per heavy atom. The molecule has 0 aliphatic carbocycles. The first kappa shape index (κ1) is 7.17. The average molecular weight is 163 g/mol. The molecular weight excluding hydrogens is 154 g/mol. The predicted octanol–water partition coefficient (Wildman–Crippen LogP) is 0.144. The van der Waals surface area contributed by atoms with Gasteiger partial charge >= 0.3 is 0 Å². The minimum atomic E-state index is -0.0221. The van der Waals surface area contributed by atoms with Crippen molar-refractivity contribution in [2.75, 3.05) is 0 Å². The molecule has 0 saturated heterocycles. The summed E-state index contributed by atoms with van der Waals surface area (Å²) in [6, 6.07) is -0.0221. The monoisotopic (exact) mass is 163 g/mol. The second-order valence-corrected chi connectivity index (χ2v) is 2.68. The van der Waals surface area contributed by atoms with Crippen LogP contribution in [0.1, 0.15) is 18.5 Å². The van der Waals surface area contributed by atoms with E-state index in [0.29, 0.717) is 5.78 Å². The maximum atomic E-state index is 5.67. The molecule has 1 unspecified atom stereocenters. The Labute approximate surface area is 69.2 Å². The molecule has 5 nitrogen and oxygen atoms in total. The van der Waals surface area contributed by atoms with Crippen molar-refractivity contribution < 1.29 is 0 Å². The second kappa shape index (κ2) is 2.53. The average Bonchev–Trinajstić information content (AvgIpc) is 2.49. The van der Waals surface area contributed by atoms with Crippen molar-refractivity contribution in [3.63, 3.8) is 0 Å². The van der Waals surface area contributed by atoms with Gasteiger partial charge in [-0.25, -0.2) is 9.50 Å². The molecule has 62 valence electrons. The Balaban J connectivity index is 2.60. The minimum Gasteiger partial charge on any atom is -0.324 e. The molecule has 2 N–H and O–H groups in total. The highest BCUT2D eigenvalue weighted by Crippen LogP contribution is 2.06. The van der Waals surface area contributed by atoms with E-state index in [1.54, 1.807) is 10.7 Å². The van der Waals surface area contributed by atoms with E-state index in [1.165, 1.54) is 6.33 Å². The second-order valence-electron chi connectivity index (χ2n) is 2.68. The van der Waals surface area contributed by atoms with Crippen LogP contribution in [0.5, 0.6) is 0 Å². The normalized spacial score (nSPS) is 13.5. The van der Waals surface area contributed by atoms with Gasteiger partial charge in [-0.05, 0) is 6.92 Å². The van der Waals surface area contributed by atoms with Crippen LogP contribution in [0, 0.1) is 0 Å². The fraction of sp³-hybridized carbons (Fsp3) is 0.286. The van der Waals surface area contributed by atoms with E-state index >= 15 is 0 Å². The van der Waals surface area contributed by atoms with E-state index in [2.05, 4.69) is 15.1 Å². The van der Waals surface area contributed by atoms with Crippen LogP contribution >= 0.6 is 0 Å². The SMILES string of the molecule is CC(N)c1cnc2ncnn2c1. The third kappa shape index (κ3) is 1.04. The third-order valence-electron chi connectivity index (χ3n) is 1.68. The van der Waals surface area contributed by atoms with Crippen molar-refractivity contribution in [1.29, 1.82) is 0 Å². The third-order valence-corrected chi connectivity index (χ3v) is 1.68. The lowest BCUT2D eigenvalue weighted by Crippen LogP contribution is -2.07. The Bertz CT molecular complexity index is 391. The zero-order valence-electron chi connectivity index (χ0n) is 6.68. The fourth-order valence-corrected chi connectivity index (χ4v) is 0.969. The largest absolute Gasteiger partial charge is 0.324 e. The molecule has 0 aromatic carbocycles. The lowest BCUT2D eigenvalue weighted by Gasteiger charge is -2.03. The van der Waals surface area contributed by atoms with Gasteiger partial charge in [0.1, 0.15) is 6.33 Å². The maximum Gasteiger partial charge on any atom is 0.252 e. The highest BCUT2D eigenvalue weighted by atomic mass is 15.3. The molecule has 0 aliphatic rings. The van der Waals surface area contributed by atoms with E-state index in [4.69, 9.17) is 5.73 Å². The molecule has 2 heterocycles. The number of nitrogens with two attached hydrogens (primary N) is 1. The van der Waals surface area contributed by atoms with Gasteiger partial charge in [0, 0.05) is 24.0 Å². The number of fused-ring (bicyclic) bond motifs is 1. The van der Waals surface area contributed by atoms with Crippen molar-refractivity contribution >= 4 is 5.78 Å². The maximum absolute atomic E-state index is 5.67. The summed E-state index contributed by atoms with van der Waals surface area (Å²) < 4.78 is 1.61. The molecule has 0 bridgehead atoms. The first-order valence-electron chi connectivity index (χ1n) is 3.68. The van der Waals surface area contributed by atoms with Crippen LogP contribution in [0.4, 0.5) is 0 Å². The summed E-state index contributed by atoms with van der Waals surface area (Å²) in [5.74, 6) is 0.597. The van der Waals surface area contributed by atoms with Gasteiger partial charge in [0.05, 0.1) is 0 Å². The van der Waals surface area contributed by atoms with E-state index in [0.717, 1.165) is 5.56 Å². The van der Waals surface area contributed by atoms with Gasteiger partial charge in [-0.3, -0.25) is 0 Å². The first-order valence-corrected chi connectivity index (χ1v) is 3.68. The van der Waals surface area contributed by atoms with Crippen molar-refractivity contribution in [2.24, 2.45) is 5.73 Å². The van der Waals surface area contributed by atoms with Crippen molar-refractivity contribution in [3.8, 4) is 0 Å². The van der Waals surface area contributed by atoms with Crippen molar-refractivity contribution in [3.05, 3.63) is 24.3 Å². The number of aromatic nitrogens is 4. The van der Waals surface area contributed by atoms with Crippen LogP contribution in [0.15, 0.2) is 18.7 Å². The number of rotatable bonds is 1. The van der Waals surface area contributed by atoms with Gasteiger partial charge in [0.2, 0.25) is 0 Å². The molecule has 0 saturated carbocycles. The Hall–Kier alpha value is -1.49. The van der Waals surface area contributed by atoms with Gasteiger partial charge in [-0.2, -0.15) is 10.1 Å². The summed E-state index contributed by atoms with van der Waals surface area (Å²) in [6.45, 7) is 1.90. The summed E-state index contributed by atoms with van der Waals surface area (Å²) in [5, 5.41) is 3.95. The fourth-order valence-electron chi connectivity index (χ4n) is 0.969. The van der Waals surface area contributed by atoms with Gasteiger partial charge in [-0.15, -0.1) is 0 Å². The quantitative estimate of drug-likeness (QED) is 0.649. The zero-order chi connectivity index (χ0) is 8.55. The summed E-state index contributed by atoms with van der Waals surface area (Å²) in [5.41, 5.74) is 6.62.